The van der Waals surface area contributed by atoms with E-state index in [-0.39, 0.29) is 11.8 Å². The summed E-state index contributed by atoms with van der Waals surface area (Å²) in [6.45, 7) is 3.99. The molecule has 1 atom stereocenters. The van der Waals surface area contributed by atoms with E-state index >= 15 is 0 Å². The molecule has 1 aromatic heterocycles. The van der Waals surface area contributed by atoms with Crippen LogP contribution in [-0.4, -0.2) is 5.11 Å². The first-order chi connectivity index (χ1) is 7.66. The molecule has 0 radical (unpaired) electrons. The minimum atomic E-state index is 0.109. The molecule has 1 heterocycles. The number of hydrogen-bond acceptors (Lipinski definition) is 3. The first-order valence-corrected chi connectivity index (χ1v) is 5.26. The fraction of sp³-hybridized carbons (Fsp3) is 0.231. The van der Waals surface area contributed by atoms with Gasteiger partial charge in [0.2, 0.25) is 0 Å². The Morgan fingerprint density at radius 2 is 2.12 bits per heavy atom. The predicted octanol–water partition coefficient (Wildman–Crippen LogP) is 3.47. The van der Waals surface area contributed by atoms with Crippen LogP contribution in [0.15, 0.2) is 41.0 Å². The van der Waals surface area contributed by atoms with Crippen molar-refractivity contribution in [3.8, 4) is 5.75 Å². The van der Waals surface area contributed by atoms with E-state index in [1.807, 2.05) is 32.0 Å². The summed E-state index contributed by atoms with van der Waals surface area (Å²) in [5, 5.41) is 12.6. The number of furan rings is 1. The number of hydrogen-bond donors (Lipinski definition) is 2. The van der Waals surface area contributed by atoms with Gasteiger partial charge in [0, 0.05) is 5.69 Å². The zero-order valence-corrected chi connectivity index (χ0v) is 9.40. The second-order valence-corrected chi connectivity index (χ2v) is 3.88. The minimum absolute atomic E-state index is 0.109. The quantitative estimate of drug-likeness (QED) is 0.774. The number of benzene rings is 1. The van der Waals surface area contributed by atoms with Gasteiger partial charge in [-0.2, -0.15) is 0 Å². The van der Waals surface area contributed by atoms with Gasteiger partial charge in [-0.3, -0.25) is 0 Å². The topological polar surface area (TPSA) is 45.4 Å². The smallest absolute Gasteiger partial charge is 0.125 e. The molecule has 1 unspecified atom stereocenters. The van der Waals surface area contributed by atoms with Crippen LogP contribution in [0.3, 0.4) is 0 Å². The lowest BCUT2D eigenvalue weighted by molar-refractivity contribution is 0.474. The molecule has 2 aromatic rings. The number of aromatic hydroxyl groups is 1. The lowest BCUT2D eigenvalue weighted by Crippen LogP contribution is -2.06. The van der Waals surface area contributed by atoms with Crippen LogP contribution in [0, 0.1) is 6.92 Å². The van der Waals surface area contributed by atoms with Gasteiger partial charge in [0.25, 0.3) is 0 Å². The normalized spacial score (nSPS) is 12.4. The van der Waals surface area contributed by atoms with Crippen LogP contribution in [0.2, 0.25) is 0 Å². The molecule has 3 nitrogen and oxygen atoms in total. The Bertz CT molecular complexity index is 463. The van der Waals surface area contributed by atoms with Gasteiger partial charge in [0.1, 0.15) is 11.5 Å². The summed E-state index contributed by atoms with van der Waals surface area (Å²) >= 11 is 0. The van der Waals surface area contributed by atoms with E-state index in [1.165, 1.54) is 0 Å². The summed E-state index contributed by atoms with van der Waals surface area (Å²) in [5.74, 6) is 1.18. The largest absolute Gasteiger partial charge is 0.508 e. The Labute approximate surface area is 94.7 Å². The fourth-order valence-corrected chi connectivity index (χ4v) is 1.65. The summed E-state index contributed by atoms with van der Waals surface area (Å²) in [7, 11) is 0. The van der Waals surface area contributed by atoms with Gasteiger partial charge in [-0.05, 0) is 49.7 Å². The second kappa shape index (κ2) is 4.31. The zero-order chi connectivity index (χ0) is 11.5. The maximum absolute atomic E-state index is 9.31. The van der Waals surface area contributed by atoms with Crippen molar-refractivity contribution in [2.75, 3.05) is 5.32 Å². The van der Waals surface area contributed by atoms with E-state index in [9.17, 15) is 5.11 Å². The van der Waals surface area contributed by atoms with E-state index in [0.29, 0.717) is 0 Å². The highest BCUT2D eigenvalue weighted by atomic mass is 16.3. The maximum atomic E-state index is 9.31. The fourth-order valence-electron chi connectivity index (χ4n) is 1.65. The molecule has 0 saturated heterocycles. The molecule has 0 saturated carbocycles. The van der Waals surface area contributed by atoms with Gasteiger partial charge in [-0.25, -0.2) is 0 Å². The summed E-state index contributed by atoms with van der Waals surface area (Å²) in [5.41, 5.74) is 2.01. The van der Waals surface area contributed by atoms with Crippen LogP contribution in [-0.2, 0) is 0 Å². The average molecular weight is 217 g/mol. The Kier molecular flexibility index (Phi) is 2.86. The summed E-state index contributed by atoms with van der Waals surface area (Å²) in [4.78, 5) is 0. The van der Waals surface area contributed by atoms with Crippen molar-refractivity contribution in [2.24, 2.45) is 0 Å². The van der Waals surface area contributed by atoms with Crippen molar-refractivity contribution in [3.05, 3.63) is 47.9 Å². The Balaban J connectivity index is 2.15. The first kappa shape index (κ1) is 10.6. The molecule has 1 aromatic carbocycles. The average Bonchev–Trinajstić information content (AvgIpc) is 2.75. The van der Waals surface area contributed by atoms with E-state index in [4.69, 9.17) is 4.42 Å². The van der Waals surface area contributed by atoms with Gasteiger partial charge in [0.15, 0.2) is 0 Å². The molecule has 3 heteroatoms. The number of rotatable bonds is 3. The second-order valence-electron chi connectivity index (χ2n) is 3.88. The molecule has 84 valence electrons. The summed E-state index contributed by atoms with van der Waals surface area (Å²) < 4.78 is 5.32. The molecular weight excluding hydrogens is 202 g/mol. The third kappa shape index (κ3) is 2.19. The highest BCUT2D eigenvalue weighted by Crippen LogP contribution is 2.24. The van der Waals surface area contributed by atoms with Crippen LogP contribution in [0.4, 0.5) is 5.69 Å². The van der Waals surface area contributed by atoms with E-state index in [2.05, 4.69) is 5.32 Å². The van der Waals surface area contributed by atoms with Crippen molar-refractivity contribution in [1.29, 1.82) is 0 Å². The van der Waals surface area contributed by atoms with Gasteiger partial charge >= 0.3 is 0 Å². The third-order valence-electron chi connectivity index (χ3n) is 2.55. The van der Waals surface area contributed by atoms with E-state index < -0.39 is 0 Å². The van der Waals surface area contributed by atoms with Gasteiger partial charge < -0.3 is 14.8 Å². The van der Waals surface area contributed by atoms with Gasteiger partial charge in [-0.1, -0.05) is 0 Å². The molecule has 0 fully saturated rings. The highest BCUT2D eigenvalue weighted by molar-refractivity contribution is 5.54. The Morgan fingerprint density at radius 3 is 2.75 bits per heavy atom. The maximum Gasteiger partial charge on any atom is 0.125 e. The molecule has 0 bridgehead atoms. The molecule has 0 aliphatic carbocycles. The van der Waals surface area contributed by atoms with Crippen LogP contribution >= 0.6 is 0 Å². The molecular formula is C13H15NO2. The van der Waals surface area contributed by atoms with Crippen LogP contribution < -0.4 is 5.32 Å². The van der Waals surface area contributed by atoms with Crippen LogP contribution in [0.1, 0.15) is 24.3 Å². The molecule has 2 N–H and O–H groups in total. The molecule has 0 amide bonds. The SMILES string of the molecule is Cc1cc(O)ccc1NC(C)c1ccco1. The van der Waals surface area contributed by atoms with Crippen molar-refractivity contribution >= 4 is 5.69 Å². The number of aryl methyl sites for hydroxylation is 1. The van der Waals surface area contributed by atoms with Gasteiger partial charge in [-0.15, -0.1) is 0 Å². The standard InChI is InChI=1S/C13H15NO2/c1-9-8-11(15)5-6-12(9)14-10(2)13-4-3-7-16-13/h3-8,10,14-15H,1-2H3. The zero-order valence-electron chi connectivity index (χ0n) is 9.40. The Hall–Kier alpha value is -1.90. The monoisotopic (exact) mass is 217 g/mol. The molecule has 2 rings (SSSR count). The third-order valence-corrected chi connectivity index (χ3v) is 2.55. The minimum Gasteiger partial charge on any atom is -0.508 e. The van der Waals surface area contributed by atoms with Crippen molar-refractivity contribution in [3.63, 3.8) is 0 Å². The number of nitrogens with one attached hydrogen (secondary N) is 1. The lowest BCUT2D eigenvalue weighted by Gasteiger charge is -2.15. The summed E-state index contributed by atoms with van der Waals surface area (Å²) in [6.07, 6.45) is 1.66. The summed E-state index contributed by atoms with van der Waals surface area (Å²) in [6, 6.07) is 9.19. The van der Waals surface area contributed by atoms with Gasteiger partial charge in [0.05, 0.1) is 12.3 Å². The number of anilines is 1. The number of phenolic OH excluding ortho intramolecular Hbond substituents is 1. The molecule has 0 spiro atoms. The molecule has 0 aliphatic heterocycles. The van der Waals surface area contributed by atoms with Crippen molar-refractivity contribution in [2.45, 2.75) is 19.9 Å². The number of phenols is 1. The lowest BCUT2D eigenvalue weighted by atomic mass is 10.1. The Morgan fingerprint density at radius 1 is 1.31 bits per heavy atom. The van der Waals surface area contributed by atoms with Crippen LogP contribution in [0.5, 0.6) is 5.75 Å². The predicted molar refractivity (Wildman–Crippen MR) is 63.6 cm³/mol. The van der Waals surface area contributed by atoms with Crippen LogP contribution in [0.25, 0.3) is 0 Å². The molecule has 16 heavy (non-hydrogen) atoms. The van der Waals surface area contributed by atoms with Crippen molar-refractivity contribution < 1.29 is 9.52 Å². The van der Waals surface area contributed by atoms with E-state index in [1.54, 1.807) is 18.4 Å². The first-order valence-electron chi connectivity index (χ1n) is 5.26. The highest BCUT2D eigenvalue weighted by Gasteiger charge is 2.09. The molecule has 0 aliphatic rings. The van der Waals surface area contributed by atoms with Crippen molar-refractivity contribution in [1.82, 2.24) is 0 Å². The van der Waals surface area contributed by atoms with E-state index in [0.717, 1.165) is 17.0 Å².